The molecule has 0 N–H and O–H groups in total. The summed E-state index contributed by atoms with van der Waals surface area (Å²) in [4.78, 5) is 25.4. The van der Waals surface area contributed by atoms with Crippen LogP contribution in [0.1, 0.15) is 86.9 Å². The van der Waals surface area contributed by atoms with Gasteiger partial charge in [0.2, 0.25) is 0 Å². The smallest absolute Gasteiger partial charge is 0.462 e. The highest BCUT2D eigenvalue weighted by Gasteiger charge is 2.52. The first-order valence-corrected chi connectivity index (χ1v) is 11.7. The molecule has 0 unspecified atom stereocenters. The van der Waals surface area contributed by atoms with Gasteiger partial charge in [-0.05, 0) is 89.9 Å². The zero-order chi connectivity index (χ0) is 24.5. The first-order chi connectivity index (χ1) is 15.6. The van der Waals surface area contributed by atoms with Crippen molar-refractivity contribution in [2.75, 3.05) is 13.2 Å². The fourth-order valence-corrected chi connectivity index (χ4v) is 3.28. The van der Waals surface area contributed by atoms with Gasteiger partial charge in [0.15, 0.2) is 0 Å². The maximum absolute atomic E-state index is 12.7. The van der Waals surface area contributed by atoms with Crippen LogP contribution in [0.15, 0.2) is 43.5 Å². The molecule has 1 aromatic carbocycles. The van der Waals surface area contributed by atoms with Crippen molar-refractivity contribution in [3.63, 3.8) is 0 Å². The second kappa shape index (κ2) is 12.2. The van der Waals surface area contributed by atoms with E-state index in [1.807, 2.05) is 39.8 Å². The lowest BCUT2D eigenvalue weighted by Gasteiger charge is -2.32. The Bertz CT molecular complexity index is 781. The highest BCUT2D eigenvalue weighted by molar-refractivity contribution is 6.62. The van der Waals surface area contributed by atoms with Crippen LogP contribution in [-0.4, -0.2) is 43.5 Å². The number of esters is 2. The Balaban J connectivity index is 2.20. The number of carbonyl (C=O) groups is 2. The highest BCUT2D eigenvalue weighted by Crippen LogP contribution is 2.36. The van der Waals surface area contributed by atoms with Crippen LogP contribution < -0.4 is 5.46 Å². The Morgan fingerprint density at radius 3 is 1.64 bits per heavy atom. The lowest BCUT2D eigenvalue weighted by molar-refractivity contribution is 0.00578. The molecule has 1 heterocycles. The van der Waals surface area contributed by atoms with Gasteiger partial charge in [-0.25, -0.2) is 9.59 Å². The molecule has 1 aromatic rings. The van der Waals surface area contributed by atoms with Crippen molar-refractivity contribution < 1.29 is 28.4 Å². The van der Waals surface area contributed by atoms with Crippen LogP contribution >= 0.6 is 0 Å². The van der Waals surface area contributed by atoms with Gasteiger partial charge < -0.3 is 18.8 Å². The van der Waals surface area contributed by atoms with Gasteiger partial charge in [0.1, 0.15) is 0 Å². The van der Waals surface area contributed by atoms with E-state index in [0.29, 0.717) is 18.7 Å². The van der Waals surface area contributed by atoms with E-state index in [1.54, 1.807) is 12.1 Å². The van der Waals surface area contributed by atoms with E-state index < -0.39 is 30.3 Å². The molecular weight excluding hydrogens is 419 g/mol. The number of hydrogen-bond acceptors (Lipinski definition) is 6. The third-order valence-electron chi connectivity index (χ3n) is 6.02. The van der Waals surface area contributed by atoms with Crippen molar-refractivity contribution in [3.05, 3.63) is 54.6 Å². The molecule has 1 saturated heterocycles. The quantitative estimate of drug-likeness (QED) is 0.180. The topological polar surface area (TPSA) is 71.1 Å². The number of rotatable bonds is 13. The molecule has 180 valence electrons. The molecule has 33 heavy (non-hydrogen) atoms. The van der Waals surface area contributed by atoms with Crippen LogP contribution in [0.2, 0.25) is 0 Å². The van der Waals surface area contributed by atoms with Crippen LogP contribution in [0.4, 0.5) is 0 Å². The van der Waals surface area contributed by atoms with Gasteiger partial charge in [-0.2, -0.15) is 0 Å². The summed E-state index contributed by atoms with van der Waals surface area (Å²) < 4.78 is 23.1. The Labute approximate surface area is 198 Å². The van der Waals surface area contributed by atoms with Gasteiger partial charge in [0.05, 0.1) is 35.5 Å². The summed E-state index contributed by atoms with van der Waals surface area (Å²) in [5.41, 5.74) is 0.0125. The average Bonchev–Trinajstić information content (AvgIpc) is 2.99. The average molecular weight is 456 g/mol. The van der Waals surface area contributed by atoms with Crippen LogP contribution in [0.25, 0.3) is 0 Å². The number of benzene rings is 1. The number of allylic oxidation sites excluding steroid dienone is 2. The normalized spacial score (nSPS) is 16.3. The number of hydrogen-bond donors (Lipinski definition) is 0. The van der Waals surface area contributed by atoms with Crippen molar-refractivity contribution in [2.24, 2.45) is 0 Å². The molecule has 2 rings (SSSR count). The predicted octanol–water partition coefficient (Wildman–Crippen LogP) is 5.01. The molecule has 0 radical (unpaired) electrons. The summed E-state index contributed by atoms with van der Waals surface area (Å²) in [5, 5.41) is 0. The maximum Gasteiger partial charge on any atom is 0.494 e. The summed E-state index contributed by atoms with van der Waals surface area (Å²) >= 11 is 0. The predicted molar refractivity (Wildman–Crippen MR) is 131 cm³/mol. The van der Waals surface area contributed by atoms with Crippen molar-refractivity contribution in [1.29, 1.82) is 0 Å². The van der Waals surface area contributed by atoms with Crippen LogP contribution in [0.3, 0.4) is 0 Å². The van der Waals surface area contributed by atoms with Crippen molar-refractivity contribution in [2.45, 2.75) is 77.4 Å². The van der Waals surface area contributed by atoms with Crippen molar-refractivity contribution in [1.82, 2.24) is 0 Å². The number of ether oxygens (including phenoxy) is 2. The lowest BCUT2D eigenvalue weighted by atomic mass is 9.77. The van der Waals surface area contributed by atoms with Gasteiger partial charge in [-0.15, -0.1) is 13.2 Å². The fraction of sp³-hybridized carbons (Fsp3) is 0.538. The van der Waals surface area contributed by atoms with Gasteiger partial charge in [-0.1, -0.05) is 12.2 Å². The zero-order valence-electron chi connectivity index (χ0n) is 20.5. The summed E-state index contributed by atoms with van der Waals surface area (Å²) in [7, 11) is -0.713. The molecule has 0 aliphatic carbocycles. The third kappa shape index (κ3) is 7.58. The Kier molecular flexibility index (Phi) is 9.93. The van der Waals surface area contributed by atoms with Gasteiger partial charge in [0, 0.05) is 0 Å². The Morgan fingerprint density at radius 2 is 1.24 bits per heavy atom. The minimum absolute atomic E-state index is 0.268. The Morgan fingerprint density at radius 1 is 0.818 bits per heavy atom. The first kappa shape index (κ1) is 26.9. The lowest BCUT2D eigenvalue weighted by Crippen LogP contribution is -2.41. The van der Waals surface area contributed by atoms with E-state index >= 15 is 0 Å². The molecule has 6 nitrogen and oxygen atoms in total. The molecule has 7 heteroatoms. The van der Waals surface area contributed by atoms with Gasteiger partial charge in [0.25, 0.3) is 0 Å². The largest absolute Gasteiger partial charge is 0.494 e. The fourth-order valence-electron chi connectivity index (χ4n) is 3.28. The SMILES string of the molecule is C=CCCCCOC(=O)c1cc(B2OC(C)(C)C(C)(C)O2)cc(C(=O)OCCCCC=C)c1. The molecule has 0 atom stereocenters. The number of unbranched alkanes of at least 4 members (excludes halogenated alkanes) is 4. The maximum atomic E-state index is 12.7. The standard InChI is InChI=1S/C26H37BO6/c1-7-9-11-13-15-30-23(28)20-17-21(24(29)31-16-14-12-10-8-2)19-22(18-20)27-32-25(3,4)26(5,6)33-27/h7-8,17-19H,1-2,9-16H2,3-6H3. The second-order valence-electron chi connectivity index (χ2n) is 9.27. The van der Waals surface area contributed by atoms with Crippen molar-refractivity contribution >= 4 is 24.5 Å². The van der Waals surface area contributed by atoms with E-state index in [1.165, 1.54) is 6.07 Å². The molecule has 1 aliphatic rings. The summed E-state index contributed by atoms with van der Waals surface area (Å²) in [5.74, 6) is -0.987. The highest BCUT2D eigenvalue weighted by atomic mass is 16.7. The summed E-state index contributed by atoms with van der Waals surface area (Å²) in [6, 6.07) is 4.83. The third-order valence-corrected chi connectivity index (χ3v) is 6.02. The monoisotopic (exact) mass is 456 g/mol. The minimum atomic E-state index is -0.713. The molecule has 0 saturated carbocycles. The molecular formula is C26H37BO6. The molecule has 0 amide bonds. The molecule has 0 bridgehead atoms. The van der Waals surface area contributed by atoms with Gasteiger partial charge in [-0.3, -0.25) is 0 Å². The molecule has 1 fully saturated rings. The van der Waals surface area contributed by atoms with Crippen LogP contribution in [0.5, 0.6) is 0 Å². The minimum Gasteiger partial charge on any atom is -0.462 e. The van der Waals surface area contributed by atoms with E-state index in [2.05, 4.69) is 13.2 Å². The van der Waals surface area contributed by atoms with Crippen LogP contribution in [-0.2, 0) is 18.8 Å². The van der Waals surface area contributed by atoms with E-state index in [-0.39, 0.29) is 11.1 Å². The van der Waals surface area contributed by atoms with E-state index in [0.717, 1.165) is 38.5 Å². The number of carbonyl (C=O) groups excluding carboxylic acids is 2. The second-order valence-corrected chi connectivity index (χ2v) is 9.27. The summed E-state index contributed by atoms with van der Waals surface area (Å²) in [6.45, 7) is 15.8. The summed E-state index contributed by atoms with van der Waals surface area (Å²) in [6.07, 6.45) is 8.71. The zero-order valence-corrected chi connectivity index (χ0v) is 20.5. The van der Waals surface area contributed by atoms with E-state index in [9.17, 15) is 9.59 Å². The molecule has 1 aliphatic heterocycles. The van der Waals surface area contributed by atoms with E-state index in [4.69, 9.17) is 18.8 Å². The van der Waals surface area contributed by atoms with Crippen molar-refractivity contribution in [3.8, 4) is 0 Å². The Hall–Kier alpha value is -2.38. The van der Waals surface area contributed by atoms with Gasteiger partial charge >= 0.3 is 19.1 Å². The molecule has 0 aromatic heterocycles. The molecule has 0 spiro atoms. The first-order valence-electron chi connectivity index (χ1n) is 11.7. The van der Waals surface area contributed by atoms with Crippen LogP contribution in [0, 0.1) is 0 Å².